The fraction of sp³-hybridized carbons (Fsp3) is 0.333. The van der Waals surface area contributed by atoms with E-state index in [0.717, 1.165) is 18.7 Å². The van der Waals surface area contributed by atoms with Gasteiger partial charge in [0.2, 0.25) is 5.89 Å². The number of hydrogen-bond donors (Lipinski definition) is 0. The van der Waals surface area contributed by atoms with E-state index in [4.69, 9.17) is 4.52 Å². The van der Waals surface area contributed by atoms with E-state index in [1.54, 1.807) is 6.08 Å². The summed E-state index contributed by atoms with van der Waals surface area (Å²) in [5.74, 6) is 1.22. The minimum Gasteiger partial charge on any atom is -0.335 e. The summed E-state index contributed by atoms with van der Waals surface area (Å²) in [6, 6.07) is 10.4. The van der Waals surface area contributed by atoms with Crippen molar-refractivity contribution in [3.05, 3.63) is 54.2 Å². The summed E-state index contributed by atoms with van der Waals surface area (Å²) in [7, 11) is 0. The predicted molar refractivity (Wildman–Crippen MR) is 72.2 cm³/mol. The molecule has 0 N–H and O–H groups in total. The molecule has 2 aromatic rings. The molecule has 0 saturated carbocycles. The summed E-state index contributed by atoms with van der Waals surface area (Å²) in [5, 5.41) is 4.12. The first-order chi connectivity index (χ1) is 8.76. The van der Waals surface area contributed by atoms with Crippen LogP contribution in [-0.2, 0) is 5.41 Å². The summed E-state index contributed by atoms with van der Waals surface area (Å²) >= 11 is 0. The molecule has 0 saturated heterocycles. The van der Waals surface area contributed by atoms with Gasteiger partial charge in [-0.15, -0.1) is 0 Å². The maximum atomic E-state index is 5.17. The molecule has 0 aliphatic carbocycles. The third-order valence-corrected chi connectivity index (χ3v) is 3.58. The first-order valence-corrected chi connectivity index (χ1v) is 6.29. The normalized spacial score (nSPS) is 11.4. The van der Waals surface area contributed by atoms with Crippen molar-refractivity contribution in [1.82, 2.24) is 10.1 Å². The van der Waals surface area contributed by atoms with Crippen LogP contribution in [0.3, 0.4) is 0 Å². The zero-order valence-electron chi connectivity index (χ0n) is 10.9. The van der Waals surface area contributed by atoms with Gasteiger partial charge in [-0.25, -0.2) is 0 Å². The van der Waals surface area contributed by atoms with Crippen LogP contribution < -0.4 is 0 Å². The molecule has 0 atom stereocenters. The Morgan fingerprint density at radius 3 is 2.39 bits per heavy atom. The third-order valence-electron chi connectivity index (χ3n) is 3.58. The maximum Gasteiger partial charge on any atom is 0.250 e. The average molecular weight is 242 g/mol. The second-order valence-electron chi connectivity index (χ2n) is 4.32. The van der Waals surface area contributed by atoms with E-state index in [-0.39, 0.29) is 5.41 Å². The summed E-state index contributed by atoms with van der Waals surface area (Å²) in [5.41, 5.74) is 1.05. The van der Waals surface area contributed by atoms with Crippen molar-refractivity contribution in [2.75, 3.05) is 0 Å². The quantitative estimate of drug-likeness (QED) is 0.800. The predicted octanol–water partition coefficient (Wildman–Crippen LogP) is 3.82. The Labute approximate surface area is 108 Å². The molecule has 1 heterocycles. The topological polar surface area (TPSA) is 38.9 Å². The minimum atomic E-state index is -0.175. The van der Waals surface area contributed by atoms with Gasteiger partial charge in [0.25, 0.3) is 0 Å². The highest BCUT2D eigenvalue weighted by atomic mass is 16.5. The van der Waals surface area contributed by atoms with Crippen LogP contribution in [0, 0.1) is 0 Å². The Morgan fingerprint density at radius 2 is 1.89 bits per heavy atom. The van der Waals surface area contributed by atoms with Gasteiger partial charge in [0.15, 0.2) is 5.82 Å². The lowest BCUT2D eigenvalue weighted by Crippen LogP contribution is -2.27. The van der Waals surface area contributed by atoms with Gasteiger partial charge in [0.05, 0.1) is 5.41 Å². The van der Waals surface area contributed by atoms with E-state index in [2.05, 4.69) is 42.7 Å². The molecule has 3 nitrogen and oxygen atoms in total. The molecular weight excluding hydrogens is 224 g/mol. The molecule has 3 heteroatoms. The highest BCUT2D eigenvalue weighted by molar-refractivity contribution is 5.36. The molecule has 18 heavy (non-hydrogen) atoms. The van der Waals surface area contributed by atoms with Crippen molar-refractivity contribution in [2.24, 2.45) is 0 Å². The van der Waals surface area contributed by atoms with E-state index in [1.165, 1.54) is 5.56 Å². The van der Waals surface area contributed by atoms with Crippen molar-refractivity contribution >= 4 is 6.08 Å². The van der Waals surface area contributed by atoms with Crippen LogP contribution in [0.2, 0.25) is 0 Å². The van der Waals surface area contributed by atoms with Gasteiger partial charge in [-0.2, -0.15) is 4.98 Å². The standard InChI is InChI=1S/C15H18N2O/c1-4-13-16-14(17-18-13)15(5-2,6-3)12-10-8-7-9-11-12/h4,7-11H,1,5-6H2,2-3H3. The van der Waals surface area contributed by atoms with E-state index in [1.807, 2.05) is 18.2 Å². The van der Waals surface area contributed by atoms with Gasteiger partial charge in [-0.05, 0) is 24.5 Å². The van der Waals surface area contributed by atoms with Crippen molar-refractivity contribution in [2.45, 2.75) is 32.1 Å². The first-order valence-electron chi connectivity index (χ1n) is 6.29. The van der Waals surface area contributed by atoms with E-state index in [9.17, 15) is 0 Å². The Hall–Kier alpha value is -1.90. The Bertz CT molecular complexity index is 512. The lowest BCUT2D eigenvalue weighted by molar-refractivity contribution is 0.371. The molecule has 0 fully saturated rings. The van der Waals surface area contributed by atoms with E-state index < -0.39 is 0 Å². The van der Waals surface area contributed by atoms with Gasteiger partial charge >= 0.3 is 0 Å². The maximum absolute atomic E-state index is 5.17. The molecule has 0 spiro atoms. The van der Waals surface area contributed by atoms with E-state index in [0.29, 0.717) is 5.89 Å². The summed E-state index contributed by atoms with van der Waals surface area (Å²) in [6.45, 7) is 7.96. The van der Waals surface area contributed by atoms with Crippen LogP contribution in [0.1, 0.15) is 44.0 Å². The lowest BCUT2D eigenvalue weighted by atomic mass is 9.75. The number of aromatic nitrogens is 2. The number of hydrogen-bond acceptors (Lipinski definition) is 3. The largest absolute Gasteiger partial charge is 0.335 e. The minimum absolute atomic E-state index is 0.175. The zero-order valence-corrected chi connectivity index (χ0v) is 10.9. The number of nitrogens with zero attached hydrogens (tertiary/aromatic N) is 2. The van der Waals surface area contributed by atoms with Crippen LogP contribution >= 0.6 is 0 Å². The molecule has 0 radical (unpaired) electrons. The molecule has 0 amide bonds. The van der Waals surface area contributed by atoms with Gasteiger partial charge in [-0.3, -0.25) is 0 Å². The van der Waals surface area contributed by atoms with Crippen LogP contribution in [-0.4, -0.2) is 10.1 Å². The number of rotatable bonds is 5. The molecule has 0 bridgehead atoms. The molecule has 0 unspecified atom stereocenters. The average Bonchev–Trinajstić information content (AvgIpc) is 2.91. The SMILES string of the molecule is C=Cc1nc(C(CC)(CC)c2ccccc2)no1. The summed E-state index contributed by atoms with van der Waals surface area (Å²) in [4.78, 5) is 4.42. The highest BCUT2D eigenvalue weighted by Gasteiger charge is 2.35. The van der Waals surface area contributed by atoms with Gasteiger partial charge < -0.3 is 4.52 Å². The lowest BCUT2D eigenvalue weighted by Gasteiger charge is -2.28. The van der Waals surface area contributed by atoms with Crippen molar-refractivity contribution in [3.63, 3.8) is 0 Å². The second kappa shape index (κ2) is 5.17. The summed E-state index contributed by atoms with van der Waals surface area (Å²) in [6.07, 6.45) is 3.45. The van der Waals surface area contributed by atoms with Crippen LogP contribution in [0.15, 0.2) is 41.4 Å². The fourth-order valence-electron chi connectivity index (χ4n) is 2.37. The molecule has 0 aliphatic rings. The molecule has 94 valence electrons. The van der Waals surface area contributed by atoms with Gasteiger partial charge in [0, 0.05) is 0 Å². The Balaban J connectivity index is 2.53. The Morgan fingerprint density at radius 1 is 1.22 bits per heavy atom. The molecule has 2 rings (SSSR count). The first kappa shape index (κ1) is 12.6. The second-order valence-corrected chi connectivity index (χ2v) is 4.32. The summed E-state index contributed by atoms with van der Waals surface area (Å²) < 4.78 is 5.17. The zero-order chi connectivity index (χ0) is 13.0. The third kappa shape index (κ3) is 1.96. The van der Waals surface area contributed by atoms with Crippen LogP contribution in [0.4, 0.5) is 0 Å². The molecule has 1 aromatic heterocycles. The van der Waals surface area contributed by atoms with Crippen LogP contribution in [0.25, 0.3) is 6.08 Å². The number of benzene rings is 1. The smallest absolute Gasteiger partial charge is 0.250 e. The van der Waals surface area contributed by atoms with Crippen molar-refractivity contribution < 1.29 is 4.52 Å². The molecule has 0 aliphatic heterocycles. The fourth-order valence-corrected chi connectivity index (χ4v) is 2.37. The van der Waals surface area contributed by atoms with Gasteiger partial charge in [0.1, 0.15) is 0 Å². The monoisotopic (exact) mass is 242 g/mol. The van der Waals surface area contributed by atoms with E-state index >= 15 is 0 Å². The van der Waals surface area contributed by atoms with Crippen LogP contribution in [0.5, 0.6) is 0 Å². The highest BCUT2D eigenvalue weighted by Crippen LogP contribution is 2.36. The molecule has 1 aromatic carbocycles. The molecular formula is C15H18N2O. The van der Waals surface area contributed by atoms with Crippen molar-refractivity contribution in [3.8, 4) is 0 Å². The van der Waals surface area contributed by atoms with Crippen molar-refractivity contribution in [1.29, 1.82) is 0 Å². The Kier molecular flexibility index (Phi) is 3.60. The van der Waals surface area contributed by atoms with Gasteiger partial charge in [-0.1, -0.05) is 55.9 Å².